The SMILES string of the molecule is CS[Se]c1cc(C(=O)O)cc2ncnc(Nc3ccc(F)c(Cl)c3)c12. The van der Waals surface area contributed by atoms with Gasteiger partial charge in [0.25, 0.3) is 0 Å². The van der Waals surface area contributed by atoms with Crippen LogP contribution in [0.5, 0.6) is 0 Å². The van der Waals surface area contributed by atoms with Crippen molar-refractivity contribution < 1.29 is 14.3 Å². The van der Waals surface area contributed by atoms with E-state index in [1.165, 1.54) is 24.5 Å². The van der Waals surface area contributed by atoms with Crippen molar-refractivity contribution in [1.29, 1.82) is 0 Å². The minimum absolute atomic E-state index is 0.00470. The first-order valence-electron chi connectivity index (χ1n) is 6.94. The number of carboxylic acid groups (broad SMARTS) is 1. The van der Waals surface area contributed by atoms with Crippen molar-refractivity contribution in [3.63, 3.8) is 0 Å². The van der Waals surface area contributed by atoms with Crippen LogP contribution in [0.3, 0.4) is 0 Å². The van der Waals surface area contributed by atoms with Crippen LogP contribution in [0.25, 0.3) is 10.9 Å². The van der Waals surface area contributed by atoms with Crippen LogP contribution in [-0.4, -0.2) is 41.1 Å². The Bertz CT molecular complexity index is 974. The van der Waals surface area contributed by atoms with E-state index in [-0.39, 0.29) is 24.4 Å². The molecule has 9 heteroatoms. The average molecular weight is 443 g/mol. The molecule has 0 radical (unpaired) electrons. The van der Waals surface area contributed by atoms with Gasteiger partial charge in [0.15, 0.2) is 0 Å². The van der Waals surface area contributed by atoms with Crippen LogP contribution in [-0.2, 0) is 0 Å². The molecule has 0 spiro atoms. The Hall–Kier alpha value is -1.86. The average Bonchev–Trinajstić information content (AvgIpc) is 2.58. The molecule has 0 atom stereocenters. The minimum atomic E-state index is -1.00. The Morgan fingerprint density at radius 2 is 2.12 bits per heavy atom. The van der Waals surface area contributed by atoms with Crippen LogP contribution in [0.4, 0.5) is 15.9 Å². The molecule has 0 aliphatic heterocycles. The summed E-state index contributed by atoms with van der Waals surface area (Å²) in [4.78, 5) is 19.8. The number of nitrogens with one attached hydrogen (secondary N) is 1. The number of halogens is 2. The number of aromatic carboxylic acids is 1. The van der Waals surface area contributed by atoms with Gasteiger partial charge in [-0.25, -0.2) is 0 Å². The molecule has 3 aromatic rings. The normalized spacial score (nSPS) is 10.8. The Kier molecular flexibility index (Phi) is 5.44. The second kappa shape index (κ2) is 7.58. The number of rotatable bonds is 5. The third-order valence-corrected chi connectivity index (χ3v) is 6.79. The molecule has 1 heterocycles. The van der Waals surface area contributed by atoms with Crippen molar-refractivity contribution >= 4 is 68.5 Å². The molecule has 0 saturated carbocycles. The van der Waals surface area contributed by atoms with Gasteiger partial charge in [-0.3, -0.25) is 0 Å². The Balaban J connectivity index is 2.14. The number of anilines is 2. The van der Waals surface area contributed by atoms with Crippen LogP contribution >= 0.6 is 21.8 Å². The summed E-state index contributed by atoms with van der Waals surface area (Å²) >= 11 is 5.81. The molecule has 0 aliphatic carbocycles. The molecule has 2 N–H and O–H groups in total. The molecule has 25 heavy (non-hydrogen) atoms. The van der Waals surface area contributed by atoms with Crippen molar-refractivity contribution in [3.05, 3.63) is 53.1 Å². The van der Waals surface area contributed by atoms with Crippen molar-refractivity contribution in [3.8, 4) is 0 Å². The van der Waals surface area contributed by atoms with Gasteiger partial charge in [-0.15, -0.1) is 0 Å². The summed E-state index contributed by atoms with van der Waals surface area (Å²) in [7, 11) is 1.62. The van der Waals surface area contributed by atoms with Gasteiger partial charge in [0.2, 0.25) is 0 Å². The number of benzene rings is 2. The Morgan fingerprint density at radius 1 is 1.32 bits per heavy atom. The van der Waals surface area contributed by atoms with Crippen LogP contribution in [0.2, 0.25) is 5.02 Å². The van der Waals surface area contributed by atoms with E-state index in [0.29, 0.717) is 17.0 Å². The molecule has 3 rings (SSSR count). The first-order valence-corrected chi connectivity index (χ1v) is 11.4. The number of nitrogens with zero attached hydrogens (tertiary/aromatic N) is 2. The van der Waals surface area contributed by atoms with E-state index in [1.807, 2.05) is 6.26 Å². The number of carboxylic acids is 1. The Morgan fingerprint density at radius 3 is 2.80 bits per heavy atom. The van der Waals surface area contributed by atoms with E-state index in [4.69, 9.17) is 11.6 Å². The van der Waals surface area contributed by atoms with Gasteiger partial charge < -0.3 is 0 Å². The summed E-state index contributed by atoms with van der Waals surface area (Å²) in [5.41, 5.74) is 1.31. The summed E-state index contributed by atoms with van der Waals surface area (Å²) in [5, 5.41) is 13.2. The molecular weight excluding hydrogens is 432 g/mol. The monoisotopic (exact) mass is 443 g/mol. The topological polar surface area (TPSA) is 75.1 Å². The number of carbonyl (C=O) groups is 1. The van der Waals surface area contributed by atoms with E-state index in [2.05, 4.69) is 15.3 Å². The van der Waals surface area contributed by atoms with E-state index in [1.54, 1.807) is 22.3 Å². The summed E-state index contributed by atoms with van der Waals surface area (Å²) in [6, 6.07) is 7.45. The number of aromatic nitrogens is 2. The zero-order valence-electron chi connectivity index (χ0n) is 12.8. The van der Waals surface area contributed by atoms with Gasteiger partial charge in [-0.2, -0.15) is 0 Å². The second-order valence-corrected chi connectivity index (χ2v) is 9.88. The van der Waals surface area contributed by atoms with Crippen molar-refractivity contribution in [2.75, 3.05) is 11.6 Å². The van der Waals surface area contributed by atoms with E-state index in [9.17, 15) is 14.3 Å². The van der Waals surface area contributed by atoms with Gasteiger partial charge in [-0.05, 0) is 0 Å². The fourth-order valence-corrected chi connectivity index (χ4v) is 5.38. The third-order valence-electron chi connectivity index (χ3n) is 3.30. The molecule has 1 aromatic heterocycles. The first-order chi connectivity index (χ1) is 12.0. The van der Waals surface area contributed by atoms with Crippen LogP contribution < -0.4 is 9.78 Å². The van der Waals surface area contributed by atoms with Gasteiger partial charge in [0, 0.05) is 0 Å². The first kappa shape index (κ1) is 17.9. The molecule has 0 unspecified atom stereocenters. The molecule has 0 aliphatic rings. The third kappa shape index (κ3) is 3.87. The number of hydrogen-bond donors (Lipinski definition) is 2. The van der Waals surface area contributed by atoms with E-state index >= 15 is 0 Å². The van der Waals surface area contributed by atoms with Gasteiger partial charge in [-0.1, -0.05) is 0 Å². The predicted molar refractivity (Wildman–Crippen MR) is 100 cm³/mol. The molecular formula is C16H11ClFN3O2SSe. The van der Waals surface area contributed by atoms with Crippen LogP contribution in [0, 0.1) is 5.82 Å². The molecule has 0 amide bonds. The molecule has 128 valence electrons. The quantitative estimate of drug-likeness (QED) is 0.589. The van der Waals surface area contributed by atoms with Gasteiger partial charge in [0.05, 0.1) is 0 Å². The van der Waals surface area contributed by atoms with Crippen LogP contribution in [0.1, 0.15) is 10.4 Å². The van der Waals surface area contributed by atoms with Crippen molar-refractivity contribution in [1.82, 2.24) is 9.97 Å². The molecule has 2 aromatic carbocycles. The van der Waals surface area contributed by atoms with Crippen molar-refractivity contribution in [2.24, 2.45) is 0 Å². The summed E-state index contributed by atoms with van der Waals surface area (Å²) < 4.78 is 14.2. The molecule has 0 bridgehead atoms. The fourth-order valence-electron chi connectivity index (χ4n) is 2.24. The molecule has 0 fully saturated rings. The maximum absolute atomic E-state index is 13.3. The van der Waals surface area contributed by atoms with E-state index in [0.717, 1.165) is 9.85 Å². The zero-order chi connectivity index (χ0) is 18.0. The van der Waals surface area contributed by atoms with Crippen molar-refractivity contribution in [2.45, 2.75) is 0 Å². The van der Waals surface area contributed by atoms with Gasteiger partial charge in [0.1, 0.15) is 0 Å². The van der Waals surface area contributed by atoms with Crippen LogP contribution in [0.15, 0.2) is 36.7 Å². The molecule has 0 saturated heterocycles. The zero-order valence-corrected chi connectivity index (χ0v) is 16.1. The number of hydrogen-bond acceptors (Lipinski definition) is 5. The summed E-state index contributed by atoms with van der Waals surface area (Å²) in [6.45, 7) is 0. The molecule has 5 nitrogen and oxygen atoms in total. The van der Waals surface area contributed by atoms with E-state index < -0.39 is 11.8 Å². The Labute approximate surface area is 157 Å². The second-order valence-electron chi connectivity index (χ2n) is 4.90. The number of fused-ring (bicyclic) bond motifs is 1. The predicted octanol–water partition coefficient (Wildman–Crippen LogP) is 3.47. The fraction of sp³-hybridized carbons (Fsp3) is 0.0625. The maximum atomic E-state index is 13.3. The van der Waals surface area contributed by atoms with Gasteiger partial charge >= 0.3 is 157 Å². The standard InChI is InChI=1S/C16H11ClFN3O2SSe/c1-24-25-13-5-8(16(22)23)4-12-14(13)15(20-7-19-12)21-9-2-3-11(18)10(17)6-9/h2-7H,1H3,(H,22,23)(H,19,20,21). The summed E-state index contributed by atoms with van der Waals surface area (Å²) in [5.74, 6) is -0.980. The summed E-state index contributed by atoms with van der Waals surface area (Å²) in [6.07, 6.45) is 3.31.